The Morgan fingerprint density at radius 2 is 2.16 bits per heavy atom. The van der Waals surface area contributed by atoms with Crippen molar-refractivity contribution in [3.8, 4) is 0 Å². The van der Waals surface area contributed by atoms with Crippen molar-refractivity contribution in [1.29, 1.82) is 0 Å². The predicted octanol–water partition coefficient (Wildman–Crippen LogP) is 2.62. The van der Waals surface area contributed by atoms with E-state index in [1.54, 1.807) is 18.4 Å². The maximum absolute atomic E-state index is 5.51. The van der Waals surface area contributed by atoms with Crippen molar-refractivity contribution in [3.63, 3.8) is 0 Å². The highest BCUT2D eigenvalue weighted by molar-refractivity contribution is 7.09. The SMILES string of the molecule is CCCCOCCCNC(=NC)NCc1cccs1. The normalized spacial score (nSPS) is 11.6. The average molecular weight is 283 g/mol. The Hall–Kier alpha value is -1.07. The molecule has 0 spiro atoms. The lowest BCUT2D eigenvalue weighted by Gasteiger charge is -2.11. The van der Waals surface area contributed by atoms with Crippen LogP contribution in [0, 0.1) is 0 Å². The van der Waals surface area contributed by atoms with E-state index in [0.29, 0.717) is 0 Å². The Bertz CT molecular complexity index is 338. The minimum absolute atomic E-state index is 0.814. The Morgan fingerprint density at radius 3 is 2.84 bits per heavy atom. The number of thiophene rings is 1. The first kappa shape index (κ1) is 16.0. The van der Waals surface area contributed by atoms with Gasteiger partial charge in [-0.15, -0.1) is 11.3 Å². The molecule has 2 N–H and O–H groups in total. The summed E-state index contributed by atoms with van der Waals surface area (Å²) in [6.45, 7) is 5.57. The summed E-state index contributed by atoms with van der Waals surface area (Å²) in [7, 11) is 1.79. The summed E-state index contributed by atoms with van der Waals surface area (Å²) in [6.07, 6.45) is 3.35. The fourth-order valence-electron chi connectivity index (χ4n) is 1.53. The van der Waals surface area contributed by atoms with E-state index in [-0.39, 0.29) is 0 Å². The number of hydrogen-bond donors (Lipinski definition) is 2. The largest absolute Gasteiger partial charge is 0.381 e. The lowest BCUT2D eigenvalue weighted by atomic mass is 10.4. The molecule has 0 radical (unpaired) electrons. The topological polar surface area (TPSA) is 45.6 Å². The Balaban J connectivity index is 2.02. The van der Waals surface area contributed by atoms with Crippen molar-refractivity contribution >= 4 is 17.3 Å². The molecule has 0 aromatic carbocycles. The van der Waals surface area contributed by atoms with Gasteiger partial charge in [0.1, 0.15) is 0 Å². The fourth-order valence-corrected chi connectivity index (χ4v) is 2.18. The monoisotopic (exact) mass is 283 g/mol. The van der Waals surface area contributed by atoms with Crippen molar-refractivity contribution in [3.05, 3.63) is 22.4 Å². The number of rotatable bonds is 9. The number of aliphatic imine (C=N–C) groups is 1. The van der Waals surface area contributed by atoms with Gasteiger partial charge in [0.15, 0.2) is 5.96 Å². The zero-order chi connectivity index (χ0) is 13.8. The van der Waals surface area contributed by atoms with Crippen molar-refractivity contribution in [2.75, 3.05) is 26.8 Å². The molecule has 0 atom stereocenters. The van der Waals surface area contributed by atoms with Crippen LogP contribution in [0.4, 0.5) is 0 Å². The first-order valence-corrected chi connectivity index (χ1v) is 7.79. The van der Waals surface area contributed by atoms with Crippen LogP contribution in [0.2, 0.25) is 0 Å². The molecule has 1 aromatic heterocycles. The van der Waals surface area contributed by atoms with Crippen molar-refractivity contribution < 1.29 is 4.74 Å². The van der Waals surface area contributed by atoms with Gasteiger partial charge in [0.2, 0.25) is 0 Å². The number of ether oxygens (including phenoxy) is 1. The van der Waals surface area contributed by atoms with Gasteiger partial charge in [0.25, 0.3) is 0 Å². The van der Waals surface area contributed by atoms with E-state index < -0.39 is 0 Å². The summed E-state index contributed by atoms with van der Waals surface area (Å²) in [5.74, 6) is 0.849. The molecule has 0 fully saturated rings. The van der Waals surface area contributed by atoms with E-state index >= 15 is 0 Å². The summed E-state index contributed by atoms with van der Waals surface area (Å²) < 4.78 is 5.51. The average Bonchev–Trinajstić information content (AvgIpc) is 2.94. The third kappa shape index (κ3) is 7.85. The quantitative estimate of drug-likeness (QED) is 0.416. The summed E-state index contributed by atoms with van der Waals surface area (Å²) in [5.41, 5.74) is 0. The van der Waals surface area contributed by atoms with Gasteiger partial charge in [0.05, 0.1) is 6.54 Å². The zero-order valence-electron chi connectivity index (χ0n) is 11.9. The van der Waals surface area contributed by atoms with Gasteiger partial charge in [-0.3, -0.25) is 4.99 Å². The molecule has 0 bridgehead atoms. The number of unbranched alkanes of at least 4 members (excludes halogenated alkanes) is 1. The highest BCUT2D eigenvalue weighted by Gasteiger charge is 1.98. The molecule has 108 valence electrons. The number of nitrogens with zero attached hydrogens (tertiary/aromatic N) is 1. The smallest absolute Gasteiger partial charge is 0.191 e. The van der Waals surface area contributed by atoms with E-state index in [2.05, 4.69) is 40.1 Å². The van der Waals surface area contributed by atoms with Gasteiger partial charge in [-0.2, -0.15) is 0 Å². The van der Waals surface area contributed by atoms with Gasteiger partial charge in [-0.25, -0.2) is 0 Å². The molecule has 5 heteroatoms. The number of guanidine groups is 1. The van der Waals surface area contributed by atoms with Gasteiger partial charge in [0, 0.05) is 31.7 Å². The summed E-state index contributed by atoms with van der Waals surface area (Å²) in [5, 5.41) is 8.66. The van der Waals surface area contributed by atoms with E-state index in [9.17, 15) is 0 Å². The first-order chi connectivity index (χ1) is 9.36. The molecule has 1 heterocycles. The molecule has 0 saturated heterocycles. The van der Waals surface area contributed by atoms with Crippen LogP contribution >= 0.6 is 11.3 Å². The predicted molar refractivity (Wildman–Crippen MR) is 82.9 cm³/mol. The van der Waals surface area contributed by atoms with Crippen LogP contribution in [-0.2, 0) is 11.3 Å². The molecule has 0 unspecified atom stereocenters. The van der Waals surface area contributed by atoms with Gasteiger partial charge >= 0.3 is 0 Å². The standard InChI is InChI=1S/C14H25N3OS/c1-3-4-9-18-10-6-8-16-14(15-2)17-12-13-7-5-11-19-13/h5,7,11H,3-4,6,8-10,12H2,1-2H3,(H2,15,16,17). The fraction of sp³-hybridized carbons (Fsp3) is 0.643. The van der Waals surface area contributed by atoms with E-state index in [0.717, 1.165) is 45.1 Å². The summed E-state index contributed by atoms with van der Waals surface area (Å²) in [6, 6.07) is 4.18. The van der Waals surface area contributed by atoms with Crippen LogP contribution < -0.4 is 10.6 Å². The van der Waals surface area contributed by atoms with E-state index in [1.165, 1.54) is 11.3 Å². The highest BCUT2D eigenvalue weighted by Crippen LogP contribution is 2.06. The molecule has 0 aliphatic rings. The maximum Gasteiger partial charge on any atom is 0.191 e. The zero-order valence-corrected chi connectivity index (χ0v) is 12.8. The molecule has 4 nitrogen and oxygen atoms in total. The van der Waals surface area contributed by atoms with Crippen LogP contribution in [0.1, 0.15) is 31.1 Å². The molecular formula is C14H25N3OS. The minimum atomic E-state index is 0.814. The van der Waals surface area contributed by atoms with Crippen LogP contribution in [0.15, 0.2) is 22.5 Å². The van der Waals surface area contributed by atoms with Crippen molar-refractivity contribution in [2.24, 2.45) is 4.99 Å². The Morgan fingerprint density at radius 1 is 1.32 bits per heavy atom. The van der Waals surface area contributed by atoms with Gasteiger partial charge < -0.3 is 15.4 Å². The molecule has 0 saturated carbocycles. The molecule has 0 amide bonds. The van der Waals surface area contributed by atoms with Crippen LogP contribution in [0.5, 0.6) is 0 Å². The lowest BCUT2D eigenvalue weighted by Crippen LogP contribution is -2.37. The first-order valence-electron chi connectivity index (χ1n) is 6.91. The van der Waals surface area contributed by atoms with Crippen LogP contribution in [0.25, 0.3) is 0 Å². The molecule has 1 rings (SSSR count). The molecule has 0 aliphatic heterocycles. The third-order valence-corrected chi connectivity index (χ3v) is 3.51. The second kappa shape index (κ2) is 10.8. The second-order valence-electron chi connectivity index (χ2n) is 4.25. The Kier molecular flexibility index (Phi) is 9.10. The molecule has 19 heavy (non-hydrogen) atoms. The Labute approximate surface area is 120 Å². The summed E-state index contributed by atoms with van der Waals surface area (Å²) >= 11 is 1.75. The van der Waals surface area contributed by atoms with Crippen LogP contribution in [-0.4, -0.2) is 32.8 Å². The van der Waals surface area contributed by atoms with Crippen molar-refractivity contribution in [2.45, 2.75) is 32.7 Å². The highest BCUT2D eigenvalue weighted by atomic mass is 32.1. The second-order valence-corrected chi connectivity index (χ2v) is 5.28. The molecule has 1 aromatic rings. The number of hydrogen-bond acceptors (Lipinski definition) is 3. The van der Waals surface area contributed by atoms with Crippen molar-refractivity contribution in [1.82, 2.24) is 10.6 Å². The molecular weight excluding hydrogens is 258 g/mol. The third-order valence-electron chi connectivity index (χ3n) is 2.63. The van der Waals surface area contributed by atoms with E-state index in [4.69, 9.17) is 4.74 Å². The maximum atomic E-state index is 5.51. The van der Waals surface area contributed by atoms with Gasteiger partial charge in [-0.1, -0.05) is 19.4 Å². The van der Waals surface area contributed by atoms with E-state index in [1.807, 2.05) is 0 Å². The lowest BCUT2D eigenvalue weighted by molar-refractivity contribution is 0.129. The number of nitrogens with one attached hydrogen (secondary N) is 2. The van der Waals surface area contributed by atoms with Crippen LogP contribution in [0.3, 0.4) is 0 Å². The summed E-state index contributed by atoms with van der Waals surface area (Å²) in [4.78, 5) is 5.50. The minimum Gasteiger partial charge on any atom is -0.381 e. The van der Waals surface area contributed by atoms with Gasteiger partial charge in [-0.05, 0) is 24.3 Å². The molecule has 0 aliphatic carbocycles.